The van der Waals surface area contributed by atoms with Crippen molar-refractivity contribution < 1.29 is 58.1 Å². The summed E-state index contributed by atoms with van der Waals surface area (Å²) in [6.07, 6.45) is -13.9. The molecular weight excluding hydrogens is 815 g/mol. The molecule has 0 fully saturated rings. The molecule has 0 amide bonds. The van der Waals surface area contributed by atoms with Crippen molar-refractivity contribution in [3.05, 3.63) is 177 Å². The van der Waals surface area contributed by atoms with Crippen LogP contribution in [0.1, 0.15) is 71.1 Å². The van der Waals surface area contributed by atoms with Crippen LogP contribution >= 0.6 is 0 Å². The van der Waals surface area contributed by atoms with E-state index in [9.17, 15) is 35.1 Å². The number of hydrogen-bond donors (Lipinski definition) is 0. The van der Waals surface area contributed by atoms with Crippen molar-refractivity contribution in [3.63, 3.8) is 0 Å². The summed E-state index contributed by atoms with van der Waals surface area (Å²) in [6.45, 7) is 0.00199. The fourth-order valence-corrected chi connectivity index (χ4v) is 6.83. The van der Waals surface area contributed by atoms with Crippen LogP contribution in [0.4, 0.5) is 43.9 Å². The molecule has 0 aromatic heterocycles. The maximum absolute atomic E-state index is 15.7. The van der Waals surface area contributed by atoms with Crippen LogP contribution in [0.5, 0.6) is 11.5 Å². The minimum absolute atomic E-state index is 0.0466. The van der Waals surface area contributed by atoms with Crippen LogP contribution in [-0.2, 0) is 35.2 Å². The van der Waals surface area contributed by atoms with Gasteiger partial charge in [0.2, 0.25) is 12.7 Å². The fourth-order valence-electron chi connectivity index (χ4n) is 6.83. The van der Waals surface area contributed by atoms with Gasteiger partial charge in [-0.3, -0.25) is 0 Å². The quantitative estimate of drug-likeness (QED) is 0.0908. The maximum Gasteiger partial charge on any atom is 0.411 e. The summed E-state index contributed by atoms with van der Waals surface area (Å²) < 4.78 is 156. The highest BCUT2D eigenvalue weighted by molar-refractivity contribution is 5.66. The molecule has 6 aromatic carbocycles. The van der Waals surface area contributed by atoms with E-state index in [2.05, 4.69) is 9.47 Å². The Bertz CT molecular complexity index is 2240. The third-order valence-corrected chi connectivity index (χ3v) is 10.0. The third kappa shape index (κ3) is 11.8. The topological polar surface area (TPSA) is 27.7 Å². The molecule has 0 aliphatic rings. The smallest absolute Gasteiger partial charge is 0.411 e. The summed E-state index contributed by atoms with van der Waals surface area (Å²) in [4.78, 5) is 0. The average Bonchev–Trinajstić information content (AvgIpc) is 3.23. The van der Waals surface area contributed by atoms with E-state index in [1.165, 1.54) is 48.5 Å². The lowest BCUT2D eigenvalue weighted by molar-refractivity contribution is -0.203. The Balaban J connectivity index is 1.38. The molecule has 61 heavy (non-hydrogen) atoms. The summed E-state index contributed by atoms with van der Waals surface area (Å²) in [5.41, 5.74) is 3.88. The molecule has 3 nitrogen and oxygen atoms in total. The lowest BCUT2D eigenvalue weighted by Crippen LogP contribution is -2.19. The van der Waals surface area contributed by atoms with E-state index in [1.54, 1.807) is 72.8 Å². The number of alkyl halides is 8. The van der Waals surface area contributed by atoms with Gasteiger partial charge in [0, 0.05) is 46.2 Å². The van der Waals surface area contributed by atoms with Gasteiger partial charge in [0.25, 0.3) is 0 Å². The van der Waals surface area contributed by atoms with Crippen molar-refractivity contribution in [3.8, 4) is 33.8 Å². The van der Waals surface area contributed by atoms with Gasteiger partial charge in [-0.1, -0.05) is 111 Å². The molecule has 0 saturated heterocycles. The van der Waals surface area contributed by atoms with Crippen molar-refractivity contribution in [1.82, 2.24) is 0 Å². The summed E-state index contributed by atoms with van der Waals surface area (Å²) >= 11 is 0. The zero-order valence-electron chi connectivity index (χ0n) is 32.9. The fraction of sp³-hybridized carbons (Fsp3) is 0.250. The van der Waals surface area contributed by atoms with Gasteiger partial charge >= 0.3 is 12.4 Å². The molecule has 0 bridgehead atoms. The molecule has 2 unspecified atom stereocenters. The summed E-state index contributed by atoms with van der Waals surface area (Å²) in [5.74, 6) is -1.02. The molecule has 0 aliphatic heterocycles. The molecule has 0 aliphatic carbocycles. The average molecular weight is 855 g/mol. The first-order valence-electron chi connectivity index (χ1n) is 19.3. The Morgan fingerprint density at radius 2 is 0.836 bits per heavy atom. The summed E-state index contributed by atoms with van der Waals surface area (Å²) in [7, 11) is 0. The van der Waals surface area contributed by atoms with Crippen molar-refractivity contribution in [2.45, 2.75) is 64.6 Å². The van der Waals surface area contributed by atoms with E-state index < -0.39 is 49.9 Å². The summed E-state index contributed by atoms with van der Waals surface area (Å²) in [6, 6.07) is 30.8. The minimum atomic E-state index is -4.85. The molecule has 0 spiro atoms. The van der Waals surface area contributed by atoms with Crippen molar-refractivity contribution in [2.75, 3.05) is 13.2 Å². The standard InChI is InChI=1S/C48H40F10O3/c1-3-29-15-21-35(41(49)25-29)33-17-11-31(12-18-33)23-39-37(45(51)59-27-47(53,54)55)7-5-9-43(39)61-44-10-6-8-38(46(52)60-28-48(56,57)58)40(44)24-32-13-19-34(20-14-32)36-22-16-30(4-2)26-42(36)50/h5-22,25-26,45-46H,3-4,23-24,27-28H2,1-2H3. The molecule has 320 valence electrons. The monoisotopic (exact) mass is 854 g/mol. The van der Waals surface area contributed by atoms with Crippen molar-refractivity contribution in [1.29, 1.82) is 0 Å². The molecule has 0 N–H and O–H groups in total. The van der Waals surface area contributed by atoms with Crippen LogP contribution < -0.4 is 4.74 Å². The minimum Gasteiger partial charge on any atom is -0.457 e. The Hall–Kier alpha value is -5.66. The summed E-state index contributed by atoms with van der Waals surface area (Å²) in [5, 5.41) is 0. The highest BCUT2D eigenvalue weighted by atomic mass is 19.4. The second-order valence-electron chi connectivity index (χ2n) is 14.3. The van der Waals surface area contributed by atoms with Gasteiger partial charge in [-0.05, 0) is 70.5 Å². The first kappa shape index (κ1) is 44.9. The van der Waals surface area contributed by atoms with Crippen LogP contribution in [0.2, 0.25) is 0 Å². The van der Waals surface area contributed by atoms with Crippen LogP contribution in [0.15, 0.2) is 121 Å². The molecule has 6 aromatic rings. The largest absolute Gasteiger partial charge is 0.457 e. The Kier molecular flexibility index (Phi) is 14.3. The molecule has 6 rings (SSSR count). The van der Waals surface area contributed by atoms with E-state index in [1.807, 2.05) is 13.8 Å². The van der Waals surface area contributed by atoms with Crippen LogP contribution in [0.3, 0.4) is 0 Å². The number of hydrogen-bond acceptors (Lipinski definition) is 3. The van der Waals surface area contributed by atoms with Gasteiger partial charge in [0.05, 0.1) is 0 Å². The first-order valence-corrected chi connectivity index (χ1v) is 19.3. The van der Waals surface area contributed by atoms with Gasteiger partial charge < -0.3 is 14.2 Å². The van der Waals surface area contributed by atoms with Gasteiger partial charge in [0.1, 0.15) is 36.3 Å². The van der Waals surface area contributed by atoms with E-state index >= 15 is 8.78 Å². The zero-order chi connectivity index (χ0) is 43.9. The van der Waals surface area contributed by atoms with Crippen molar-refractivity contribution >= 4 is 0 Å². The predicted octanol–water partition coefficient (Wildman–Crippen LogP) is 14.5. The second-order valence-corrected chi connectivity index (χ2v) is 14.3. The first-order chi connectivity index (χ1) is 29.0. The highest BCUT2D eigenvalue weighted by Crippen LogP contribution is 2.40. The van der Waals surface area contributed by atoms with E-state index in [4.69, 9.17) is 4.74 Å². The molecular formula is C48H40F10O3. The molecule has 0 saturated carbocycles. The normalized spacial score (nSPS) is 13.0. The zero-order valence-corrected chi connectivity index (χ0v) is 32.9. The van der Waals surface area contributed by atoms with Gasteiger partial charge in [-0.2, -0.15) is 26.3 Å². The third-order valence-electron chi connectivity index (χ3n) is 10.0. The van der Waals surface area contributed by atoms with Gasteiger partial charge in [-0.15, -0.1) is 0 Å². The number of aryl methyl sites for hydroxylation is 2. The Labute approximate surface area is 346 Å². The molecule has 0 radical (unpaired) electrons. The number of halogens is 10. The number of benzene rings is 6. The Morgan fingerprint density at radius 1 is 0.475 bits per heavy atom. The number of ether oxygens (including phenoxy) is 3. The second kappa shape index (κ2) is 19.4. The van der Waals surface area contributed by atoms with E-state index in [0.29, 0.717) is 46.2 Å². The maximum atomic E-state index is 15.7. The Morgan fingerprint density at radius 3 is 1.16 bits per heavy atom. The SMILES string of the molecule is CCc1ccc(-c2ccc(Cc3c(Oc4cccc(C(F)OCC(F)(F)F)c4Cc4ccc(-c5ccc(CC)cc5F)cc4)cccc3C(F)OCC(F)(F)F)cc2)c(F)c1. The highest BCUT2D eigenvalue weighted by Gasteiger charge is 2.32. The molecule has 13 heteroatoms. The van der Waals surface area contributed by atoms with Crippen molar-refractivity contribution in [2.24, 2.45) is 0 Å². The van der Waals surface area contributed by atoms with Gasteiger partial charge in [0.15, 0.2) is 0 Å². The van der Waals surface area contributed by atoms with Crippen LogP contribution in [0.25, 0.3) is 22.3 Å². The van der Waals surface area contributed by atoms with Gasteiger partial charge in [-0.25, -0.2) is 17.6 Å². The molecule has 2 atom stereocenters. The molecule has 0 heterocycles. The predicted molar refractivity (Wildman–Crippen MR) is 213 cm³/mol. The van der Waals surface area contributed by atoms with Crippen LogP contribution in [-0.4, -0.2) is 25.6 Å². The van der Waals surface area contributed by atoms with E-state index in [-0.39, 0.29) is 46.6 Å². The van der Waals surface area contributed by atoms with E-state index in [0.717, 1.165) is 11.1 Å². The lowest BCUT2D eigenvalue weighted by Gasteiger charge is -2.22. The lowest BCUT2D eigenvalue weighted by atomic mass is 9.95. The number of rotatable bonds is 16. The van der Waals surface area contributed by atoms with Crippen LogP contribution in [0, 0.1) is 11.6 Å².